The molecule has 0 aromatic rings. The second-order valence-electron chi connectivity index (χ2n) is 1.81. The Labute approximate surface area is 54.8 Å². The van der Waals surface area contributed by atoms with Crippen LogP contribution in [0.25, 0.3) is 0 Å². The van der Waals surface area contributed by atoms with E-state index < -0.39 is 0 Å². The van der Waals surface area contributed by atoms with Gasteiger partial charge in [-0.25, -0.2) is 4.79 Å². The van der Waals surface area contributed by atoms with E-state index in [1.54, 1.807) is 14.1 Å². The summed E-state index contributed by atoms with van der Waals surface area (Å²) >= 11 is 0. The zero-order valence-electron chi connectivity index (χ0n) is 5.97. The van der Waals surface area contributed by atoms with Crippen molar-refractivity contribution in [3.05, 3.63) is 0 Å². The van der Waals surface area contributed by atoms with Crippen LogP contribution in [0.4, 0.5) is 4.79 Å². The lowest BCUT2D eigenvalue weighted by Crippen LogP contribution is -2.35. The maximum Gasteiger partial charge on any atom is 0.318 e. The molecule has 0 radical (unpaired) electrons. The van der Waals surface area contributed by atoms with Crippen molar-refractivity contribution >= 4 is 6.03 Å². The van der Waals surface area contributed by atoms with Crippen molar-refractivity contribution in [3.8, 4) is 0 Å². The number of hydrogen-bond acceptors (Lipinski definition) is 2. The fourth-order valence-corrected chi connectivity index (χ4v) is 0.292. The molecule has 0 unspecified atom stereocenters. The Bertz CT molecular complexity index is 93.0. The monoisotopic (exact) mass is 132 g/mol. The molecule has 0 saturated carbocycles. The van der Waals surface area contributed by atoms with E-state index in [4.69, 9.17) is 0 Å². The highest BCUT2D eigenvalue weighted by Crippen LogP contribution is 1.74. The van der Waals surface area contributed by atoms with Crippen LogP contribution in [-0.4, -0.2) is 38.9 Å². The maximum atomic E-state index is 10.6. The lowest BCUT2D eigenvalue weighted by Gasteiger charge is -2.10. The number of urea groups is 1. The third-order valence-electron chi connectivity index (χ3n) is 0.774. The third kappa shape index (κ3) is 3.78. The van der Waals surface area contributed by atoms with Crippen molar-refractivity contribution in [2.75, 3.05) is 27.9 Å². The minimum absolute atomic E-state index is 0.142. The zero-order chi connectivity index (χ0) is 7.28. The van der Waals surface area contributed by atoms with E-state index in [-0.39, 0.29) is 12.8 Å². The molecule has 4 nitrogen and oxygen atoms in total. The Morgan fingerprint density at radius 1 is 1.67 bits per heavy atom. The van der Waals surface area contributed by atoms with Crippen molar-refractivity contribution in [1.29, 1.82) is 0 Å². The van der Waals surface area contributed by atoms with Gasteiger partial charge in [-0.2, -0.15) is 0 Å². The molecule has 4 heteroatoms. The number of methoxy groups -OCH3 is 1. The zero-order valence-corrected chi connectivity index (χ0v) is 5.97. The van der Waals surface area contributed by atoms with Crippen LogP contribution in [0.2, 0.25) is 0 Å². The molecular weight excluding hydrogens is 120 g/mol. The molecule has 54 valence electrons. The van der Waals surface area contributed by atoms with Crippen molar-refractivity contribution in [2.45, 2.75) is 0 Å². The molecule has 0 atom stereocenters. The highest BCUT2D eigenvalue weighted by atomic mass is 16.5. The van der Waals surface area contributed by atoms with Gasteiger partial charge >= 0.3 is 6.03 Å². The van der Waals surface area contributed by atoms with Crippen molar-refractivity contribution in [2.24, 2.45) is 0 Å². The van der Waals surface area contributed by atoms with Gasteiger partial charge in [0.15, 0.2) is 0 Å². The summed E-state index contributed by atoms with van der Waals surface area (Å²) in [4.78, 5) is 12.1. The second kappa shape index (κ2) is 4.14. The van der Waals surface area contributed by atoms with E-state index >= 15 is 0 Å². The third-order valence-corrected chi connectivity index (χ3v) is 0.774. The normalized spacial score (nSPS) is 8.78. The van der Waals surface area contributed by atoms with Gasteiger partial charge in [0, 0.05) is 21.2 Å². The van der Waals surface area contributed by atoms with Gasteiger partial charge in [-0.1, -0.05) is 0 Å². The first-order valence-corrected chi connectivity index (χ1v) is 2.62. The minimum atomic E-state index is -0.142. The minimum Gasteiger partial charge on any atom is -0.364 e. The molecule has 2 amide bonds. The molecule has 0 heterocycles. The van der Waals surface area contributed by atoms with Crippen LogP contribution in [-0.2, 0) is 4.74 Å². The number of amides is 2. The van der Waals surface area contributed by atoms with E-state index in [0.717, 1.165) is 0 Å². The molecule has 0 aromatic heterocycles. The van der Waals surface area contributed by atoms with Gasteiger partial charge in [-0.05, 0) is 0 Å². The van der Waals surface area contributed by atoms with Gasteiger partial charge < -0.3 is 15.0 Å². The topological polar surface area (TPSA) is 41.6 Å². The van der Waals surface area contributed by atoms with Crippen LogP contribution in [0.3, 0.4) is 0 Å². The first-order valence-electron chi connectivity index (χ1n) is 2.62. The molecule has 1 N–H and O–H groups in total. The summed E-state index contributed by atoms with van der Waals surface area (Å²) in [5, 5.41) is 2.50. The highest BCUT2D eigenvalue weighted by Gasteiger charge is 1.98. The van der Waals surface area contributed by atoms with E-state index in [9.17, 15) is 4.79 Å². The van der Waals surface area contributed by atoms with Gasteiger partial charge in [-0.3, -0.25) is 0 Å². The molecule has 0 aromatic carbocycles. The fourth-order valence-electron chi connectivity index (χ4n) is 0.292. The van der Waals surface area contributed by atoms with Gasteiger partial charge in [0.1, 0.15) is 6.73 Å². The number of hydrogen-bond donors (Lipinski definition) is 1. The average molecular weight is 132 g/mol. The van der Waals surface area contributed by atoms with Gasteiger partial charge in [0.25, 0.3) is 0 Å². The molecule has 0 bridgehead atoms. The number of carbonyl (C=O) groups excluding carboxylic acids is 1. The quantitative estimate of drug-likeness (QED) is 0.531. The van der Waals surface area contributed by atoms with Crippen LogP contribution in [0.15, 0.2) is 0 Å². The summed E-state index contributed by atoms with van der Waals surface area (Å²) in [6.07, 6.45) is 0. The summed E-state index contributed by atoms with van der Waals surface area (Å²) in [5.74, 6) is 0. The van der Waals surface area contributed by atoms with Gasteiger partial charge in [-0.15, -0.1) is 0 Å². The number of carbonyl (C=O) groups is 1. The Kier molecular flexibility index (Phi) is 3.79. The van der Waals surface area contributed by atoms with Crippen LogP contribution in [0, 0.1) is 0 Å². The molecule has 0 rings (SSSR count). The number of ether oxygens (including phenoxy) is 1. The first-order chi connectivity index (χ1) is 4.18. The average Bonchev–Trinajstić information content (AvgIpc) is 1.82. The molecule has 0 aliphatic carbocycles. The van der Waals surface area contributed by atoms with Gasteiger partial charge in [0.2, 0.25) is 0 Å². The SMILES string of the molecule is COCNC(=O)N(C)C. The Morgan fingerprint density at radius 3 is 2.56 bits per heavy atom. The van der Waals surface area contributed by atoms with E-state index in [0.29, 0.717) is 0 Å². The summed E-state index contributed by atoms with van der Waals surface area (Å²) in [6, 6.07) is -0.142. The summed E-state index contributed by atoms with van der Waals surface area (Å²) in [6.45, 7) is 0.261. The van der Waals surface area contributed by atoms with Crippen LogP contribution in [0.5, 0.6) is 0 Å². The summed E-state index contributed by atoms with van der Waals surface area (Å²) in [7, 11) is 4.87. The molecule has 0 saturated heterocycles. The predicted molar refractivity (Wildman–Crippen MR) is 34.1 cm³/mol. The van der Waals surface area contributed by atoms with Crippen molar-refractivity contribution in [1.82, 2.24) is 10.2 Å². The first kappa shape index (κ1) is 8.23. The van der Waals surface area contributed by atoms with E-state index in [2.05, 4.69) is 10.1 Å². The molecular formula is C5H12N2O2. The predicted octanol–water partition coefficient (Wildman–Crippen LogP) is -0.139. The van der Waals surface area contributed by atoms with Crippen molar-refractivity contribution < 1.29 is 9.53 Å². The standard InChI is InChI=1S/C5H12N2O2/c1-7(2)5(8)6-4-9-3/h4H2,1-3H3,(H,6,8). The number of rotatable bonds is 2. The lowest BCUT2D eigenvalue weighted by atomic mass is 10.8. The maximum absolute atomic E-state index is 10.6. The molecule has 9 heavy (non-hydrogen) atoms. The number of nitrogens with one attached hydrogen (secondary N) is 1. The van der Waals surface area contributed by atoms with Crippen LogP contribution >= 0.6 is 0 Å². The smallest absolute Gasteiger partial charge is 0.318 e. The Hall–Kier alpha value is -0.770. The summed E-state index contributed by atoms with van der Waals surface area (Å²) < 4.78 is 4.60. The fraction of sp³-hybridized carbons (Fsp3) is 0.800. The molecule has 0 aliphatic heterocycles. The van der Waals surface area contributed by atoms with Crippen LogP contribution in [0.1, 0.15) is 0 Å². The Balaban J connectivity index is 3.28. The van der Waals surface area contributed by atoms with Gasteiger partial charge in [0.05, 0.1) is 0 Å². The second-order valence-corrected chi connectivity index (χ2v) is 1.81. The molecule has 0 spiro atoms. The molecule has 0 fully saturated rings. The number of nitrogens with zero attached hydrogens (tertiary/aromatic N) is 1. The summed E-state index contributed by atoms with van der Waals surface area (Å²) in [5.41, 5.74) is 0. The van der Waals surface area contributed by atoms with Crippen molar-refractivity contribution in [3.63, 3.8) is 0 Å². The van der Waals surface area contributed by atoms with E-state index in [1.165, 1.54) is 12.0 Å². The Morgan fingerprint density at radius 2 is 2.22 bits per heavy atom. The molecule has 0 aliphatic rings. The highest BCUT2D eigenvalue weighted by molar-refractivity contribution is 5.73. The largest absolute Gasteiger partial charge is 0.364 e. The van der Waals surface area contributed by atoms with Crippen LogP contribution < -0.4 is 5.32 Å². The lowest BCUT2D eigenvalue weighted by molar-refractivity contribution is 0.162. The van der Waals surface area contributed by atoms with E-state index in [1.807, 2.05) is 0 Å².